The average Bonchev–Trinajstić information content (AvgIpc) is 2.77. The van der Waals surface area contributed by atoms with Gasteiger partial charge in [0.25, 0.3) is 5.76 Å². The van der Waals surface area contributed by atoms with Gasteiger partial charge < -0.3 is 9.63 Å². The van der Waals surface area contributed by atoms with E-state index < -0.39 is 11.7 Å². The van der Waals surface area contributed by atoms with E-state index in [0.717, 1.165) is 0 Å². The molecule has 0 saturated carbocycles. The number of aromatic carboxylic acids is 1. The highest BCUT2D eigenvalue weighted by Crippen LogP contribution is 2.29. The van der Waals surface area contributed by atoms with Gasteiger partial charge in [0, 0.05) is 16.5 Å². The lowest BCUT2D eigenvalue weighted by molar-refractivity contribution is 0.0686. The van der Waals surface area contributed by atoms with Crippen LogP contribution in [0.3, 0.4) is 0 Å². The Morgan fingerprint density at radius 3 is 2.78 bits per heavy atom. The molecule has 1 aromatic carbocycles. The third-order valence-corrected chi connectivity index (χ3v) is 2.78. The molecule has 0 saturated heterocycles. The Kier molecular flexibility index (Phi) is 3.61. The van der Waals surface area contributed by atoms with Crippen LogP contribution in [0.1, 0.15) is 10.5 Å². The highest BCUT2D eigenvalue weighted by molar-refractivity contribution is 7.99. The Labute approximate surface area is 105 Å². The van der Waals surface area contributed by atoms with E-state index in [1.165, 1.54) is 18.2 Å². The second-order valence-corrected chi connectivity index (χ2v) is 4.35. The fraction of sp³-hybridized carbons (Fsp3) is 0.0909. The van der Waals surface area contributed by atoms with Gasteiger partial charge in [-0.25, -0.2) is 4.79 Å². The van der Waals surface area contributed by atoms with Crippen molar-refractivity contribution in [2.45, 2.75) is 10.7 Å². The second kappa shape index (κ2) is 5.18. The van der Waals surface area contributed by atoms with Crippen molar-refractivity contribution in [3.05, 3.63) is 36.0 Å². The minimum Gasteiger partial charge on any atom is -0.476 e. The lowest BCUT2D eigenvalue weighted by Crippen LogP contribution is -1.94. The van der Waals surface area contributed by atoms with Crippen molar-refractivity contribution in [3.8, 4) is 11.3 Å². The summed E-state index contributed by atoms with van der Waals surface area (Å²) in [6.07, 6.45) is 0. The molecule has 0 aliphatic heterocycles. The van der Waals surface area contributed by atoms with Gasteiger partial charge in [0.05, 0.1) is 0 Å². The zero-order chi connectivity index (χ0) is 13.1. The Morgan fingerprint density at radius 2 is 2.17 bits per heavy atom. The van der Waals surface area contributed by atoms with Crippen LogP contribution in [-0.4, -0.2) is 22.0 Å². The molecule has 18 heavy (non-hydrogen) atoms. The number of hydrogen-bond donors (Lipinski definition) is 1. The quantitative estimate of drug-likeness (QED) is 0.864. The van der Waals surface area contributed by atoms with Crippen LogP contribution in [0.25, 0.3) is 11.3 Å². The van der Waals surface area contributed by atoms with E-state index in [1.807, 2.05) is 0 Å². The summed E-state index contributed by atoms with van der Waals surface area (Å²) in [4.78, 5) is 11.0. The molecule has 7 heteroatoms. The number of nitrogens with zero attached hydrogens (tertiary/aromatic N) is 1. The molecule has 2 rings (SSSR count). The number of hydrogen-bond acceptors (Lipinski definition) is 4. The van der Waals surface area contributed by atoms with Crippen molar-refractivity contribution in [2.75, 3.05) is 0 Å². The first-order chi connectivity index (χ1) is 8.56. The Balaban J connectivity index is 2.29. The van der Waals surface area contributed by atoms with E-state index >= 15 is 0 Å². The summed E-state index contributed by atoms with van der Waals surface area (Å²) >= 11 is 0.409. The summed E-state index contributed by atoms with van der Waals surface area (Å²) in [7, 11) is 0. The van der Waals surface area contributed by atoms with Gasteiger partial charge in [-0.15, -0.1) is 0 Å². The Hall–Kier alpha value is -1.89. The minimum absolute atomic E-state index is 0.225. The largest absolute Gasteiger partial charge is 0.476 e. The van der Waals surface area contributed by atoms with Crippen LogP contribution in [-0.2, 0) is 0 Å². The molecule has 0 aliphatic rings. The number of rotatable bonds is 4. The molecule has 1 N–H and O–H groups in total. The molecule has 0 spiro atoms. The molecule has 0 aliphatic carbocycles. The predicted molar refractivity (Wildman–Crippen MR) is 60.8 cm³/mol. The molecule has 94 valence electrons. The minimum atomic E-state index is -2.51. The van der Waals surface area contributed by atoms with E-state index in [4.69, 9.17) is 9.63 Å². The first kappa shape index (κ1) is 12.6. The summed E-state index contributed by atoms with van der Waals surface area (Å²) in [5, 5.41) is 12.0. The fourth-order valence-electron chi connectivity index (χ4n) is 1.34. The summed E-state index contributed by atoms with van der Waals surface area (Å²) < 4.78 is 29.3. The number of halogens is 2. The monoisotopic (exact) mass is 271 g/mol. The lowest BCUT2D eigenvalue weighted by Gasteiger charge is -2.01. The van der Waals surface area contributed by atoms with Crippen LogP contribution in [0, 0.1) is 0 Å². The molecular formula is C11H7F2NO3S. The molecular weight excluding hydrogens is 264 g/mol. The van der Waals surface area contributed by atoms with Crippen molar-refractivity contribution >= 4 is 17.7 Å². The van der Waals surface area contributed by atoms with E-state index in [9.17, 15) is 13.6 Å². The number of carboxylic acids is 1. The number of carbonyl (C=O) groups is 1. The molecule has 0 radical (unpaired) electrons. The van der Waals surface area contributed by atoms with Crippen LogP contribution in [0.15, 0.2) is 39.8 Å². The molecule has 0 amide bonds. The van der Waals surface area contributed by atoms with Gasteiger partial charge in [-0.2, -0.15) is 8.78 Å². The van der Waals surface area contributed by atoms with Gasteiger partial charge in [0.15, 0.2) is 11.5 Å². The third kappa shape index (κ3) is 2.86. The van der Waals surface area contributed by atoms with E-state index in [1.54, 1.807) is 12.1 Å². The topological polar surface area (TPSA) is 63.3 Å². The van der Waals surface area contributed by atoms with Crippen LogP contribution in [0.4, 0.5) is 8.78 Å². The van der Waals surface area contributed by atoms with Crippen LogP contribution >= 0.6 is 11.8 Å². The molecule has 0 atom stereocenters. The SMILES string of the molecule is O=C(O)c1cc(-c2cccc(SC(F)F)c2)on1. The average molecular weight is 271 g/mol. The standard InChI is InChI=1S/C11H7F2NO3S/c12-11(13)18-7-3-1-2-6(4-7)9-5-8(10(15)16)14-17-9/h1-5,11H,(H,15,16). The number of aromatic nitrogens is 1. The molecule has 1 aromatic heterocycles. The van der Waals surface area contributed by atoms with Gasteiger partial charge in [-0.1, -0.05) is 29.1 Å². The van der Waals surface area contributed by atoms with Crippen molar-refractivity contribution in [1.82, 2.24) is 5.16 Å². The summed E-state index contributed by atoms with van der Waals surface area (Å²) in [5.41, 5.74) is 0.276. The Bertz CT molecular complexity index is 571. The zero-order valence-corrected chi connectivity index (χ0v) is 9.66. The molecule has 0 bridgehead atoms. The molecule has 4 nitrogen and oxygen atoms in total. The summed E-state index contributed by atoms with van der Waals surface area (Å²) in [6.45, 7) is 0. The van der Waals surface area contributed by atoms with Crippen LogP contribution < -0.4 is 0 Å². The molecule has 0 unspecified atom stereocenters. The second-order valence-electron chi connectivity index (χ2n) is 3.29. The normalized spacial score (nSPS) is 10.8. The fourth-order valence-corrected chi connectivity index (χ4v) is 1.90. The predicted octanol–water partition coefficient (Wildman–Crippen LogP) is 3.35. The van der Waals surface area contributed by atoms with Gasteiger partial charge in [-0.05, 0) is 12.1 Å². The maximum absolute atomic E-state index is 12.2. The van der Waals surface area contributed by atoms with Gasteiger partial charge in [0.2, 0.25) is 0 Å². The van der Waals surface area contributed by atoms with Crippen molar-refractivity contribution < 1.29 is 23.2 Å². The number of carboxylic acid groups (broad SMARTS) is 1. The first-order valence-electron chi connectivity index (χ1n) is 4.81. The first-order valence-corrected chi connectivity index (χ1v) is 5.69. The van der Waals surface area contributed by atoms with Gasteiger partial charge in [0.1, 0.15) is 0 Å². The number of benzene rings is 1. The highest BCUT2D eigenvalue weighted by atomic mass is 32.2. The van der Waals surface area contributed by atoms with Crippen LogP contribution in [0.2, 0.25) is 0 Å². The molecule has 0 fully saturated rings. The summed E-state index contributed by atoms with van der Waals surface area (Å²) in [5.74, 6) is -3.49. The molecule has 1 heterocycles. The third-order valence-electron chi connectivity index (χ3n) is 2.07. The van der Waals surface area contributed by atoms with Gasteiger partial charge in [-0.3, -0.25) is 0 Å². The van der Waals surface area contributed by atoms with E-state index in [0.29, 0.717) is 22.2 Å². The Morgan fingerprint density at radius 1 is 1.39 bits per heavy atom. The van der Waals surface area contributed by atoms with Crippen LogP contribution in [0.5, 0.6) is 0 Å². The van der Waals surface area contributed by atoms with E-state index in [-0.39, 0.29) is 11.5 Å². The maximum atomic E-state index is 12.2. The number of thioether (sulfide) groups is 1. The molecule has 2 aromatic rings. The summed E-state index contributed by atoms with van der Waals surface area (Å²) in [6, 6.07) is 7.48. The zero-order valence-electron chi connectivity index (χ0n) is 8.84. The van der Waals surface area contributed by atoms with Crippen molar-refractivity contribution in [3.63, 3.8) is 0 Å². The number of alkyl halides is 2. The van der Waals surface area contributed by atoms with Crippen molar-refractivity contribution in [2.24, 2.45) is 0 Å². The van der Waals surface area contributed by atoms with Crippen molar-refractivity contribution in [1.29, 1.82) is 0 Å². The lowest BCUT2D eigenvalue weighted by atomic mass is 10.1. The maximum Gasteiger partial charge on any atom is 0.358 e. The highest BCUT2D eigenvalue weighted by Gasteiger charge is 2.13. The smallest absolute Gasteiger partial charge is 0.358 e. The van der Waals surface area contributed by atoms with Gasteiger partial charge >= 0.3 is 5.97 Å². The van der Waals surface area contributed by atoms with E-state index in [2.05, 4.69) is 5.16 Å².